The van der Waals surface area contributed by atoms with E-state index in [0.29, 0.717) is 17.4 Å². The molecule has 0 aliphatic carbocycles. The zero-order valence-corrected chi connectivity index (χ0v) is 18.0. The summed E-state index contributed by atoms with van der Waals surface area (Å²) in [5.74, 6) is -0.179. The molecule has 164 valence electrons. The normalized spacial score (nSPS) is 17.4. The van der Waals surface area contributed by atoms with Gasteiger partial charge in [0.25, 0.3) is 11.6 Å². The van der Waals surface area contributed by atoms with E-state index < -0.39 is 16.9 Å². The number of aromatic nitrogens is 3. The van der Waals surface area contributed by atoms with Gasteiger partial charge in [0.15, 0.2) is 0 Å². The molecule has 33 heavy (non-hydrogen) atoms. The van der Waals surface area contributed by atoms with Crippen LogP contribution in [0.5, 0.6) is 0 Å². The number of anilines is 1. The van der Waals surface area contributed by atoms with Gasteiger partial charge in [-0.1, -0.05) is 66.2 Å². The molecule has 0 N–H and O–H groups in total. The first-order valence-electron chi connectivity index (χ1n) is 10.3. The predicted molar refractivity (Wildman–Crippen MR) is 123 cm³/mol. The number of carbonyl (C=O) groups excluding carboxylic acids is 1. The molecule has 2 heterocycles. The maximum absolute atomic E-state index is 13.8. The highest BCUT2D eigenvalue weighted by Gasteiger charge is 2.41. The third-order valence-electron chi connectivity index (χ3n) is 5.81. The van der Waals surface area contributed by atoms with Crippen LogP contribution in [0.15, 0.2) is 85.2 Å². The van der Waals surface area contributed by atoms with Gasteiger partial charge in [-0.3, -0.25) is 19.8 Å². The summed E-state index contributed by atoms with van der Waals surface area (Å²) >= 11 is 6.11. The SMILES string of the molecule is O=C(c1ccccc1[N+](=O)[O-])N1c2ncnn2[C@@H](c2ccccc2)C[C@H]1c1ccc(Cl)cc1. The van der Waals surface area contributed by atoms with Crippen LogP contribution in [-0.4, -0.2) is 25.6 Å². The summed E-state index contributed by atoms with van der Waals surface area (Å²) in [6, 6.07) is 22.4. The van der Waals surface area contributed by atoms with Crippen molar-refractivity contribution in [2.75, 3.05) is 4.90 Å². The van der Waals surface area contributed by atoms with Gasteiger partial charge in [0, 0.05) is 11.1 Å². The molecule has 1 aliphatic rings. The molecule has 0 bridgehead atoms. The van der Waals surface area contributed by atoms with E-state index in [4.69, 9.17) is 11.6 Å². The Labute approximate surface area is 194 Å². The summed E-state index contributed by atoms with van der Waals surface area (Å²) in [6.45, 7) is 0. The van der Waals surface area contributed by atoms with Crippen molar-refractivity contribution in [3.8, 4) is 0 Å². The van der Waals surface area contributed by atoms with Crippen LogP contribution in [0, 0.1) is 10.1 Å². The van der Waals surface area contributed by atoms with Crippen molar-refractivity contribution in [1.29, 1.82) is 0 Å². The summed E-state index contributed by atoms with van der Waals surface area (Å²) in [5.41, 5.74) is 1.62. The molecular formula is C24H18ClN5O3. The molecule has 1 amide bonds. The third kappa shape index (κ3) is 3.74. The zero-order chi connectivity index (χ0) is 22.9. The highest BCUT2D eigenvalue weighted by atomic mass is 35.5. The van der Waals surface area contributed by atoms with Crippen molar-refractivity contribution in [3.05, 3.63) is 117 Å². The third-order valence-corrected chi connectivity index (χ3v) is 6.06. The summed E-state index contributed by atoms with van der Waals surface area (Å²) in [5, 5.41) is 16.6. The van der Waals surface area contributed by atoms with E-state index >= 15 is 0 Å². The van der Waals surface area contributed by atoms with Crippen LogP contribution < -0.4 is 4.90 Å². The number of hydrogen-bond donors (Lipinski definition) is 0. The van der Waals surface area contributed by atoms with E-state index in [-0.39, 0.29) is 17.3 Å². The molecule has 1 aromatic heterocycles. The van der Waals surface area contributed by atoms with Crippen LogP contribution in [0.4, 0.5) is 11.6 Å². The number of amides is 1. The molecule has 0 saturated heterocycles. The van der Waals surface area contributed by atoms with Gasteiger partial charge < -0.3 is 0 Å². The second kappa shape index (κ2) is 8.48. The standard InChI is InChI=1S/C24H18ClN5O3/c25-18-12-10-17(11-13-18)21-14-22(16-6-2-1-3-7-16)29-24(26-15-27-29)28(21)23(31)19-8-4-5-9-20(19)30(32)33/h1-13,15,21-22H,14H2/t21-,22+/m0/s1. The minimum absolute atomic E-state index is 0.00539. The summed E-state index contributed by atoms with van der Waals surface area (Å²) < 4.78 is 1.70. The molecule has 0 saturated carbocycles. The van der Waals surface area contributed by atoms with Crippen molar-refractivity contribution in [2.24, 2.45) is 0 Å². The Morgan fingerprint density at radius 1 is 0.939 bits per heavy atom. The Hall–Kier alpha value is -4.04. The van der Waals surface area contributed by atoms with E-state index in [9.17, 15) is 14.9 Å². The fraction of sp³-hybridized carbons (Fsp3) is 0.125. The average Bonchev–Trinajstić information content (AvgIpc) is 3.33. The topological polar surface area (TPSA) is 94.2 Å². The van der Waals surface area contributed by atoms with Crippen molar-refractivity contribution in [2.45, 2.75) is 18.5 Å². The molecule has 0 fully saturated rings. The minimum Gasteiger partial charge on any atom is -0.269 e. The van der Waals surface area contributed by atoms with Gasteiger partial charge in [-0.2, -0.15) is 10.1 Å². The Morgan fingerprint density at radius 3 is 2.33 bits per heavy atom. The van der Waals surface area contributed by atoms with Crippen LogP contribution in [-0.2, 0) is 0 Å². The van der Waals surface area contributed by atoms with Gasteiger partial charge >= 0.3 is 0 Å². The van der Waals surface area contributed by atoms with Crippen LogP contribution in [0.1, 0.15) is 40.0 Å². The van der Waals surface area contributed by atoms with Crippen molar-refractivity contribution in [3.63, 3.8) is 0 Å². The molecule has 3 aromatic carbocycles. The number of nitrogens with zero attached hydrogens (tertiary/aromatic N) is 5. The predicted octanol–water partition coefficient (Wildman–Crippen LogP) is 5.22. The van der Waals surface area contributed by atoms with E-state index in [1.54, 1.807) is 22.9 Å². The number of rotatable bonds is 4. The molecule has 8 nitrogen and oxygen atoms in total. The van der Waals surface area contributed by atoms with Crippen molar-refractivity contribution >= 4 is 29.1 Å². The Kier molecular flexibility index (Phi) is 5.35. The number of halogens is 1. The smallest absolute Gasteiger partial charge is 0.269 e. The van der Waals surface area contributed by atoms with E-state index in [2.05, 4.69) is 10.1 Å². The molecule has 5 rings (SSSR count). The first kappa shape index (κ1) is 20.8. The van der Waals surface area contributed by atoms with E-state index in [1.807, 2.05) is 42.5 Å². The van der Waals surface area contributed by atoms with Gasteiger partial charge in [0.05, 0.1) is 17.0 Å². The highest BCUT2D eigenvalue weighted by molar-refractivity contribution is 6.30. The fourth-order valence-electron chi connectivity index (χ4n) is 4.29. The second-order valence-electron chi connectivity index (χ2n) is 7.68. The largest absolute Gasteiger partial charge is 0.282 e. The molecule has 2 atom stereocenters. The zero-order valence-electron chi connectivity index (χ0n) is 17.3. The molecule has 9 heteroatoms. The Bertz CT molecular complexity index is 1320. The summed E-state index contributed by atoms with van der Waals surface area (Å²) in [4.78, 5) is 30.7. The quantitative estimate of drug-likeness (QED) is 0.308. The van der Waals surface area contributed by atoms with Gasteiger partial charge in [0.2, 0.25) is 5.95 Å². The van der Waals surface area contributed by atoms with Crippen LogP contribution >= 0.6 is 11.6 Å². The van der Waals surface area contributed by atoms with E-state index in [0.717, 1.165) is 11.1 Å². The lowest BCUT2D eigenvalue weighted by atomic mass is 9.91. The van der Waals surface area contributed by atoms with Crippen LogP contribution in [0.25, 0.3) is 0 Å². The number of nitro groups is 1. The second-order valence-corrected chi connectivity index (χ2v) is 8.12. The highest BCUT2D eigenvalue weighted by Crippen LogP contribution is 2.43. The summed E-state index contributed by atoms with van der Waals surface area (Å²) in [7, 11) is 0. The lowest BCUT2D eigenvalue weighted by Gasteiger charge is -2.39. The Balaban J connectivity index is 1.67. The molecule has 1 aliphatic heterocycles. The average molecular weight is 460 g/mol. The molecular weight excluding hydrogens is 442 g/mol. The number of benzene rings is 3. The van der Waals surface area contributed by atoms with Gasteiger partial charge in [-0.15, -0.1) is 0 Å². The van der Waals surface area contributed by atoms with Gasteiger partial charge in [-0.25, -0.2) is 4.68 Å². The first-order valence-corrected chi connectivity index (χ1v) is 10.7. The maximum Gasteiger partial charge on any atom is 0.282 e. The molecule has 4 aromatic rings. The number of nitro benzene ring substituents is 1. The fourth-order valence-corrected chi connectivity index (χ4v) is 4.42. The molecule has 0 spiro atoms. The van der Waals surface area contributed by atoms with Crippen molar-refractivity contribution in [1.82, 2.24) is 14.8 Å². The molecule has 0 unspecified atom stereocenters. The maximum atomic E-state index is 13.8. The molecule has 0 radical (unpaired) electrons. The number of para-hydroxylation sites is 1. The number of hydrogen-bond acceptors (Lipinski definition) is 5. The Morgan fingerprint density at radius 2 is 1.61 bits per heavy atom. The minimum atomic E-state index is -0.550. The first-order chi connectivity index (χ1) is 16.0. The lowest BCUT2D eigenvalue weighted by molar-refractivity contribution is -0.385. The number of carbonyl (C=O) groups is 1. The number of fused-ring (bicyclic) bond motifs is 1. The van der Waals surface area contributed by atoms with Gasteiger partial charge in [-0.05, 0) is 35.7 Å². The van der Waals surface area contributed by atoms with E-state index in [1.165, 1.54) is 29.4 Å². The summed E-state index contributed by atoms with van der Waals surface area (Å²) in [6.07, 6.45) is 1.91. The monoisotopic (exact) mass is 459 g/mol. The van der Waals surface area contributed by atoms with Crippen LogP contribution in [0.2, 0.25) is 5.02 Å². The van der Waals surface area contributed by atoms with Gasteiger partial charge in [0.1, 0.15) is 11.9 Å². The van der Waals surface area contributed by atoms with Crippen LogP contribution in [0.3, 0.4) is 0 Å². The lowest BCUT2D eigenvalue weighted by Crippen LogP contribution is -2.42. The van der Waals surface area contributed by atoms with Crippen molar-refractivity contribution < 1.29 is 9.72 Å².